The highest BCUT2D eigenvalue weighted by Crippen LogP contribution is 2.27. The molecule has 2 aromatic rings. The predicted molar refractivity (Wildman–Crippen MR) is 71.2 cm³/mol. The van der Waals surface area contributed by atoms with E-state index in [4.69, 9.17) is 9.52 Å². The summed E-state index contributed by atoms with van der Waals surface area (Å²) in [5.41, 5.74) is 1.62. The van der Waals surface area contributed by atoms with E-state index in [-0.39, 0.29) is 12.3 Å². The van der Waals surface area contributed by atoms with Crippen LogP contribution in [0.5, 0.6) is 0 Å². The average molecular weight is 260 g/mol. The molecule has 1 unspecified atom stereocenters. The van der Waals surface area contributed by atoms with Gasteiger partial charge in [0.05, 0.1) is 0 Å². The summed E-state index contributed by atoms with van der Waals surface area (Å²) >= 11 is 0. The minimum Gasteiger partial charge on any atom is -0.481 e. The van der Waals surface area contributed by atoms with Crippen LogP contribution in [0.1, 0.15) is 19.3 Å². The fourth-order valence-corrected chi connectivity index (χ4v) is 2.65. The topological polar surface area (TPSA) is 66.6 Å². The van der Waals surface area contributed by atoms with Crippen molar-refractivity contribution in [3.8, 4) is 0 Å². The van der Waals surface area contributed by atoms with E-state index < -0.39 is 5.97 Å². The number of carboxylic acid groups (broad SMARTS) is 1. The Morgan fingerprint density at radius 3 is 3.11 bits per heavy atom. The monoisotopic (exact) mass is 260 g/mol. The number of carbonyl (C=O) groups is 1. The number of hydrogen-bond acceptors (Lipinski definition) is 4. The Labute approximate surface area is 110 Å². The molecule has 5 heteroatoms. The summed E-state index contributed by atoms with van der Waals surface area (Å²) in [5, 5.41) is 8.88. The second-order valence-electron chi connectivity index (χ2n) is 5.02. The number of carboxylic acids is 1. The van der Waals surface area contributed by atoms with Crippen molar-refractivity contribution >= 4 is 23.1 Å². The Kier molecular flexibility index (Phi) is 3.11. The number of benzene rings is 1. The summed E-state index contributed by atoms with van der Waals surface area (Å²) in [5.74, 6) is -0.550. The van der Waals surface area contributed by atoms with Gasteiger partial charge < -0.3 is 14.4 Å². The van der Waals surface area contributed by atoms with Crippen molar-refractivity contribution in [1.82, 2.24) is 4.98 Å². The Balaban J connectivity index is 1.79. The molecule has 1 aliphatic rings. The van der Waals surface area contributed by atoms with Crippen LogP contribution in [0.25, 0.3) is 11.1 Å². The van der Waals surface area contributed by atoms with Crippen LogP contribution in [0.4, 0.5) is 6.01 Å². The molecule has 0 saturated carbocycles. The van der Waals surface area contributed by atoms with Crippen LogP contribution in [0, 0.1) is 5.92 Å². The van der Waals surface area contributed by atoms with Crippen LogP contribution in [0.2, 0.25) is 0 Å². The third-order valence-corrected chi connectivity index (χ3v) is 3.54. The van der Waals surface area contributed by atoms with Gasteiger partial charge in [0.1, 0.15) is 5.52 Å². The Bertz CT molecular complexity index is 560. The van der Waals surface area contributed by atoms with Crippen LogP contribution in [-0.2, 0) is 4.79 Å². The molecule has 1 saturated heterocycles. The molecule has 2 heterocycles. The summed E-state index contributed by atoms with van der Waals surface area (Å²) in [7, 11) is 0. The zero-order valence-electron chi connectivity index (χ0n) is 10.6. The highest BCUT2D eigenvalue weighted by Gasteiger charge is 2.24. The fraction of sp³-hybridized carbons (Fsp3) is 0.429. The molecule has 0 bridgehead atoms. The van der Waals surface area contributed by atoms with Gasteiger partial charge in [0, 0.05) is 19.5 Å². The Hall–Kier alpha value is -2.04. The SMILES string of the molecule is O=C(O)CC1CCCN(c2nc3ccccc3o2)C1. The molecule has 1 aromatic carbocycles. The maximum Gasteiger partial charge on any atom is 0.303 e. The van der Waals surface area contributed by atoms with E-state index in [2.05, 4.69) is 9.88 Å². The standard InChI is InChI=1S/C14H16N2O3/c17-13(18)8-10-4-3-7-16(9-10)14-15-11-5-1-2-6-12(11)19-14/h1-2,5-6,10H,3-4,7-9H2,(H,17,18). The first kappa shape index (κ1) is 12.0. The molecule has 100 valence electrons. The van der Waals surface area contributed by atoms with Gasteiger partial charge in [-0.1, -0.05) is 12.1 Å². The number of hydrogen-bond donors (Lipinski definition) is 1. The van der Waals surface area contributed by atoms with Gasteiger partial charge in [0.2, 0.25) is 0 Å². The third kappa shape index (κ3) is 2.54. The first-order chi connectivity index (χ1) is 9.22. The van der Waals surface area contributed by atoms with Crippen molar-refractivity contribution in [3.63, 3.8) is 0 Å². The highest BCUT2D eigenvalue weighted by molar-refractivity contribution is 5.74. The minimum atomic E-state index is -0.732. The number of oxazole rings is 1. The first-order valence-corrected chi connectivity index (χ1v) is 6.54. The van der Waals surface area contributed by atoms with E-state index in [1.165, 1.54) is 0 Å². The Morgan fingerprint density at radius 2 is 2.32 bits per heavy atom. The van der Waals surface area contributed by atoms with Crippen molar-refractivity contribution in [1.29, 1.82) is 0 Å². The quantitative estimate of drug-likeness (QED) is 0.918. The van der Waals surface area contributed by atoms with Crippen molar-refractivity contribution < 1.29 is 14.3 Å². The highest BCUT2D eigenvalue weighted by atomic mass is 16.4. The van der Waals surface area contributed by atoms with E-state index in [1.54, 1.807) is 0 Å². The number of fused-ring (bicyclic) bond motifs is 1. The van der Waals surface area contributed by atoms with E-state index in [0.717, 1.165) is 30.5 Å². The lowest BCUT2D eigenvalue weighted by atomic mass is 9.95. The van der Waals surface area contributed by atoms with E-state index in [0.29, 0.717) is 12.6 Å². The van der Waals surface area contributed by atoms with Gasteiger partial charge in [-0.3, -0.25) is 4.79 Å². The molecule has 1 fully saturated rings. The lowest BCUT2D eigenvalue weighted by molar-refractivity contribution is -0.138. The van der Waals surface area contributed by atoms with E-state index >= 15 is 0 Å². The zero-order valence-corrected chi connectivity index (χ0v) is 10.6. The van der Waals surface area contributed by atoms with Gasteiger partial charge in [-0.25, -0.2) is 0 Å². The maximum atomic E-state index is 10.8. The molecule has 19 heavy (non-hydrogen) atoms. The number of piperidine rings is 1. The molecule has 3 rings (SSSR count). The number of rotatable bonds is 3. The van der Waals surface area contributed by atoms with Crippen molar-refractivity contribution in [2.45, 2.75) is 19.3 Å². The molecule has 0 amide bonds. The Morgan fingerprint density at radius 1 is 1.47 bits per heavy atom. The van der Waals surface area contributed by atoms with Gasteiger partial charge >= 0.3 is 5.97 Å². The number of nitrogens with zero attached hydrogens (tertiary/aromatic N) is 2. The van der Waals surface area contributed by atoms with Gasteiger partial charge in [-0.05, 0) is 30.9 Å². The molecule has 0 radical (unpaired) electrons. The summed E-state index contributed by atoms with van der Waals surface area (Å²) in [6.07, 6.45) is 2.16. The summed E-state index contributed by atoms with van der Waals surface area (Å²) in [4.78, 5) is 17.3. The van der Waals surface area contributed by atoms with Crippen LogP contribution in [0.3, 0.4) is 0 Å². The molecule has 1 N–H and O–H groups in total. The first-order valence-electron chi connectivity index (χ1n) is 6.54. The molecule has 0 spiro atoms. The normalized spacial score (nSPS) is 19.8. The van der Waals surface area contributed by atoms with Gasteiger partial charge in [-0.2, -0.15) is 4.98 Å². The second kappa shape index (κ2) is 4.91. The van der Waals surface area contributed by atoms with Crippen LogP contribution >= 0.6 is 0 Å². The molecule has 0 aliphatic carbocycles. The van der Waals surface area contributed by atoms with Crippen molar-refractivity contribution in [2.75, 3.05) is 18.0 Å². The largest absolute Gasteiger partial charge is 0.481 e. The molecule has 1 atom stereocenters. The van der Waals surface area contributed by atoms with Gasteiger partial charge in [0.25, 0.3) is 6.01 Å². The number of para-hydroxylation sites is 2. The molecular formula is C14H16N2O3. The number of aliphatic carboxylic acids is 1. The maximum absolute atomic E-state index is 10.8. The predicted octanol–water partition coefficient (Wildman–Crippen LogP) is 2.52. The second-order valence-corrected chi connectivity index (χ2v) is 5.02. The minimum absolute atomic E-state index is 0.182. The molecule has 5 nitrogen and oxygen atoms in total. The van der Waals surface area contributed by atoms with Gasteiger partial charge in [0.15, 0.2) is 5.58 Å². The lowest BCUT2D eigenvalue weighted by Gasteiger charge is -2.30. The van der Waals surface area contributed by atoms with Crippen LogP contribution in [0.15, 0.2) is 28.7 Å². The molecular weight excluding hydrogens is 244 g/mol. The van der Waals surface area contributed by atoms with Gasteiger partial charge in [-0.15, -0.1) is 0 Å². The molecule has 1 aliphatic heterocycles. The summed E-state index contributed by atoms with van der Waals surface area (Å²) in [6.45, 7) is 1.59. The summed E-state index contributed by atoms with van der Waals surface area (Å²) < 4.78 is 5.73. The fourth-order valence-electron chi connectivity index (χ4n) is 2.65. The van der Waals surface area contributed by atoms with E-state index in [1.807, 2.05) is 24.3 Å². The third-order valence-electron chi connectivity index (χ3n) is 3.54. The van der Waals surface area contributed by atoms with Crippen molar-refractivity contribution in [3.05, 3.63) is 24.3 Å². The van der Waals surface area contributed by atoms with Crippen molar-refractivity contribution in [2.24, 2.45) is 5.92 Å². The van der Waals surface area contributed by atoms with Crippen LogP contribution in [-0.4, -0.2) is 29.1 Å². The number of anilines is 1. The van der Waals surface area contributed by atoms with Crippen LogP contribution < -0.4 is 4.90 Å². The smallest absolute Gasteiger partial charge is 0.303 e. The molecule has 1 aromatic heterocycles. The summed E-state index contributed by atoms with van der Waals surface area (Å²) in [6, 6.07) is 8.26. The number of aromatic nitrogens is 1. The zero-order chi connectivity index (χ0) is 13.2. The lowest BCUT2D eigenvalue weighted by Crippen LogP contribution is -2.36. The van der Waals surface area contributed by atoms with E-state index in [9.17, 15) is 4.79 Å². The average Bonchev–Trinajstić information content (AvgIpc) is 2.82.